The maximum absolute atomic E-state index is 4.66. The molecule has 0 amide bonds. The van der Waals surface area contributed by atoms with Crippen molar-refractivity contribution in [3.63, 3.8) is 0 Å². The molecular formula is C46H32N2. The summed E-state index contributed by atoms with van der Waals surface area (Å²) in [5.41, 5.74) is 16.0. The Kier molecular flexibility index (Phi) is 7.96. The molecule has 0 aliphatic heterocycles. The van der Waals surface area contributed by atoms with Gasteiger partial charge in [0.2, 0.25) is 0 Å². The molecule has 2 nitrogen and oxygen atoms in total. The number of pyridine rings is 2. The molecule has 0 fully saturated rings. The molecule has 0 aliphatic rings. The van der Waals surface area contributed by atoms with Crippen molar-refractivity contribution in [2.24, 2.45) is 0 Å². The van der Waals surface area contributed by atoms with Gasteiger partial charge < -0.3 is 0 Å². The van der Waals surface area contributed by atoms with Crippen molar-refractivity contribution in [3.8, 4) is 78.0 Å². The van der Waals surface area contributed by atoms with E-state index in [9.17, 15) is 0 Å². The number of benzene rings is 6. The van der Waals surface area contributed by atoms with Gasteiger partial charge in [0, 0.05) is 29.7 Å². The van der Waals surface area contributed by atoms with Gasteiger partial charge in [0.1, 0.15) is 0 Å². The van der Waals surface area contributed by atoms with Crippen molar-refractivity contribution in [2.75, 3.05) is 0 Å². The second-order valence-electron chi connectivity index (χ2n) is 11.9. The summed E-state index contributed by atoms with van der Waals surface area (Å²) < 4.78 is 0. The van der Waals surface area contributed by atoms with Crippen LogP contribution in [0.15, 0.2) is 195 Å². The maximum atomic E-state index is 4.66. The van der Waals surface area contributed by atoms with E-state index in [4.69, 9.17) is 0 Å². The monoisotopic (exact) mass is 612 g/mol. The van der Waals surface area contributed by atoms with Crippen LogP contribution in [0.3, 0.4) is 0 Å². The zero-order chi connectivity index (χ0) is 32.1. The van der Waals surface area contributed by atoms with Crippen LogP contribution in [0, 0.1) is 0 Å². The molecule has 2 heterocycles. The number of hydrogen-bond donors (Lipinski definition) is 0. The zero-order valence-corrected chi connectivity index (χ0v) is 26.4. The molecule has 0 atom stereocenters. The van der Waals surface area contributed by atoms with Crippen LogP contribution in [0.1, 0.15) is 0 Å². The first-order chi connectivity index (χ1) is 23.8. The minimum atomic E-state index is 0.945. The molecule has 0 bridgehead atoms. The Morgan fingerprint density at radius 1 is 0.250 bits per heavy atom. The molecule has 0 radical (unpaired) electrons. The standard InChI is InChI=1S/C46H32N2/c1-3-12-33(13-4-1)40-26-41(34-14-5-2-6-15-34)28-42(27-40)37-18-9-16-35(24-37)36-17-10-19-38(25-36)43-29-44(39-20-11-22-47-32-39)31-45(30-43)46-21-7-8-23-48-46/h1-32H. The van der Waals surface area contributed by atoms with Crippen molar-refractivity contribution in [1.82, 2.24) is 9.97 Å². The van der Waals surface area contributed by atoms with Crippen molar-refractivity contribution in [1.29, 1.82) is 0 Å². The SMILES string of the molecule is c1ccc(-c2cc(-c3ccccc3)cc(-c3cccc(-c4cccc(-c5cc(-c6cccnc6)cc(-c6ccccn6)c5)c4)c3)c2)cc1. The lowest BCUT2D eigenvalue weighted by Crippen LogP contribution is -1.89. The minimum Gasteiger partial charge on any atom is -0.264 e. The normalized spacial score (nSPS) is 10.9. The predicted octanol–water partition coefficient (Wildman–Crippen LogP) is 12.1. The van der Waals surface area contributed by atoms with Gasteiger partial charge in [-0.1, -0.05) is 109 Å². The predicted molar refractivity (Wildman–Crippen MR) is 200 cm³/mol. The van der Waals surface area contributed by atoms with Crippen LogP contribution in [-0.2, 0) is 0 Å². The van der Waals surface area contributed by atoms with Crippen molar-refractivity contribution in [2.45, 2.75) is 0 Å². The van der Waals surface area contributed by atoms with Gasteiger partial charge in [-0.05, 0) is 128 Å². The molecule has 0 unspecified atom stereocenters. The molecule has 2 heteroatoms. The van der Waals surface area contributed by atoms with Gasteiger partial charge in [-0.2, -0.15) is 0 Å². The second kappa shape index (κ2) is 13.2. The Bertz CT molecular complexity index is 2030. The first kappa shape index (κ1) is 29.1. The third-order valence-electron chi connectivity index (χ3n) is 8.76. The topological polar surface area (TPSA) is 25.8 Å². The van der Waals surface area contributed by atoms with E-state index in [1.807, 2.05) is 36.8 Å². The summed E-state index contributed by atoms with van der Waals surface area (Å²) in [4.78, 5) is 9.04. The van der Waals surface area contributed by atoms with E-state index in [2.05, 4.69) is 168 Å². The van der Waals surface area contributed by atoms with E-state index in [0.29, 0.717) is 0 Å². The molecule has 8 rings (SSSR count). The molecule has 8 aromatic rings. The van der Waals surface area contributed by atoms with Crippen molar-refractivity contribution >= 4 is 0 Å². The molecule has 0 spiro atoms. The quantitative estimate of drug-likeness (QED) is 0.179. The van der Waals surface area contributed by atoms with Crippen LogP contribution in [0.2, 0.25) is 0 Å². The summed E-state index contributed by atoms with van der Waals surface area (Å²) in [5, 5.41) is 0. The van der Waals surface area contributed by atoms with E-state index in [0.717, 1.165) is 33.5 Å². The van der Waals surface area contributed by atoms with Gasteiger partial charge in [0.05, 0.1) is 5.69 Å². The Morgan fingerprint density at radius 2 is 0.646 bits per heavy atom. The lowest BCUT2D eigenvalue weighted by Gasteiger charge is -2.13. The average Bonchev–Trinajstić information content (AvgIpc) is 3.19. The summed E-state index contributed by atoms with van der Waals surface area (Å²) in [6, 6.07) is 62.7. The number of hydrogen-bond acceptors (Lipinski definition) is 2. The summed E-state index contributed by atoms with van der Waals surface area (Å²) in [5.74, 6) is 0. The van der Waals surface area contributed by atoms with Crippen LogP contribution in [0.4, 0.5) is 0 Å². The summed E-state index contributed by atoms with van der Waals surface area (Å²) >= 11 is 0. The fraction of sp³-hybridized carbons (Fsp3) is 0. The molecule has 0 N–H and O–H groups in total. The van der Waals surface area contributed by atoms with E-state index < -0.39 is 0 Å². The minimum absolute atomic E-state index is 0.945. The van der Waals surface area contributed by atoms with Gasteiger partial charge in [-0.3, -0.25) is 9.97 Å². The van der Waals surface area contributed by atoms with E-state index >= 15 is 0 Å². The molecule has 6 aromatic carbocycles. The van der Waals surface area contributed by atoms with Crippen LogP contribution in [0.5, 0.6) is 0 Å². The third-order valence-corrected chi connectivity index (χ3v) is 8.76. The molecule has 48 heavy (non-hydrogen) atoms. The Balaban J connectivity index is 1.21. The fourth-order valence-corrected chi connectivity index (χ4v) is 6.32. The Morgan fingerprint density at radius 3 is 1.12 bits per heavy atom. The van der Waals surface area contributed by atoms with Crippen LogP contribution < -0.4 is 0 Å². The lowest BCUT2D eigenvalue weighted by atomic mass is 9.91. The Hall–Kier alpha value is -6.38. The lowest BCUT2D eigenvalue weighted by molar-refractivity contribution is 1.32. The smallest absolute Gasteiger partial charge is 0.0702 e. The number of rotatable bonds is 7. The van der Waals surface area contributed by atoms with Gasteiger partial charge in [0.25, 0.3) is 0 Å². The second-order valence-corrected chi connectivity index (χ2v) is 11.9. The first-order valence-corrected chi connectivity index (χ1v) is 16.2. The highest BCUT2D eigenvalue weighted by molar-refractivity contribution is 5.85. The van der Waals surface area contributed by atoms with E-state index in [-0.39, 0.29) is 0 Å². The van der Waals surface area contributed by atoms with Crippen LogP contribution in [-0.4, -0.2) is 9.97 Å². The van der Waals surface area contributed by atoms with E-state index in [1.165, 1.54) is 44.5 Å². The average molecular weight is 613 g/mol. The molecule has 0 aliphatic carbocycles. The van der Waals surface area contributed by atoms with Gasteiger partial charge >= 0.3 is 0 Å². The Labute approximate surface area is 281 Å². The van der Waals surface area contributed by atoms with Crippen molar-refractivity contribution < 1.29 is 0 Å². The highest BCUT2D eigenvalue weighted by atomic mass is 14.7. The molecule has 0 saturated carbocycles. The summed E-state index contributed by atoms with van der Waals surface area (Å²) in [6.07, 6.45) is 5.57. The van der Waals surface area contributed by atoms with Crippen LogP contribution >= 0.6 is 0 Å². The number of nitrogens with zero attached hydrogens (tertiary/aromatic N) is 2. The number of aromatic nitrogens is 2. The zero-order valence-electron chi connectivity index (χ0n) is 26.4. The summed E-state index contributed by atoms with van der Waals surface area (Å²) in [7, 11) is 0. The molecule has 2 aromatic heterocycles. The van der Waals surface area contributed by atoms with Gasteiger partial charge in [-0.15, -0.1) is 0 Å². The molecular weight excluding hydrogens is 581 g/mol. The summed E-state index contributed by atoms with van der Waals surface area (Å²) in [6.45, 7) is 0. The largest absolute Gasteiger partial charge is 0.264 e. The molecule has 226 valence electrons. The van der Waals surface area contributed by atoms with E-state index in [1.54, 1.807) is 0 Å². The fourth-order valence-electron chi connectivity index (χ4n) is 6.32. The van der Waals surface area contributed by atoms with Gasteiger partial charge in [-0.25, -0.2) is 0 Å². The van der Waals surface area contributed by atoms with Crippen molar-refractivity contribution in [3.05, 3.63) is 195 Å². The van der Waals surface area contributed by atoms with Crippen LogP contribution in [0.25, 0.3) is 78.0 Å². The highest BCUT2D eigenvalue weighted by Gasteiger charge is 2.11. The molecule has 0 saturated heterocycles. The maximum Gasteiger partial charge on any atom is 0.0702 e. The third kappa shape index (κ3) is 6.20. The first-order valence-electron chi connectivity index (χ1n) is 16.2. The highest BCUT2D eigenvalue weighted by Crippen LogP contribution is 2.37. The van der Waals surface area contributed by atoms with Gasteiger partial charge in [0.15, 0.2) is 0 Å².